The molecular formula is C11H24N2O3. The summed E-state index contributed by atoms with van der Waals surface area (Å²) in [5, 5.41) is 11.7. The average Bonchev–Trinajstić information content (AvgIpc) is 2.26. The van der Waals surface area contributed by atoms with Gasteiger partial charge >= 0.3 is 0 Å². The summed E-state index contributed by atoms with van der Waals surface area (Å²) in [5.41, 5.74) is 0. The largest absolute Gasteiger partial charge is 0.394 e. The van der Waals surface area contributed by atoms with E-state index < -0.39 is 0 Å². The molecule has 0 heterocycles. The third-order valence-electron chi connectivity index (χ3n) is 2.12. The second-order valence-corrected chi connectivity index (χ2v) is 3.83. The van der Waals surface area contributed by atoms with Crippen LogP contribution in [0.25, 0.3) is 0 Å². The first kappa shape index (κ1) is 15.3. The van der Waals surface area contributed by atoms with Crippen molar-refractivity contribution in [3.05, 3.63) is 0 Å². The van der Waals surface area contributed by atoms with E-state index in [1.54, 1.807) is 19.0 Å². The lowest BCUT2D eigenvalue weighted by Crippen LogP contribution is -2.24. The van der Waals surface area contributed by atoms with Crippen LogP contribution in [0.5, 0.6) is 0 Å². The molecule has 0 aliphatic rings. The fourth-order valence-corrected chi connectivity index (χ4v) is 1.18. The van der Waals surface area contributed by atoms with Gasteiger partial charge in [-0.25, -0.2) is 0 Å². The smallest absolute Gasteiger partial charge is 0.222 e. The molecule has 0 unspecified atom stereocenters. The molecule has 0 saturated heterocycles. The summed E-state index contributed by atoms with van der Waals surface area (Å²) < 4.78 is 5.11. The van der Waals surface area contributed by atoms with Crippen LogP contribution in [0.15, 0.2) is 0 Å². The van der Waals surface area contributed by atoms with Crippen LogP contribution >= 0.6 is 0 Å². The van der Waals surface area contributed by atoms with Gasteiger partial charge < -0.3 is 20.1 Å². The van der Waals surface area contributed by atoms with Gasteiger partial charge in [0.25, 0.3) is 0 Å². The Kier molecular flexibility index (Phi) is 10.4. The fourth-order valence-electron chi connectivity index (χ4n) is 1.18. The maximum Gasteiger partial charge on any atom is 0.222 e. The molecule has 16 heavy (non-hydrogen) atoms. The van der Waals surface area contributed by atoms with E-state index in [-0.39, 0.29) is 12.5 Å². The number of nitrogens with one attached hydrogen (secondary N) is 1. The number of nitrogens with zero attached hydrogens (tertiary/aromatic N) is 1. The Morgan fingerprint density at radius 2 is 1.94 bits per heavy atom. The molecule has 0 fully saturated rings. The molecule has 0 saturated carbocycles. The molecular weight excluding hydrogens is 208 g/mol. The first-order chi connectivity index (χ1) is 7.68. The van der Waals surface area contributed by atoms with Crippen molar-refractivity contribution >= 4 is 5.91 Å². The summed E-state index contributed by atoms with van der Waals surface area (Å²) in [7, 11) is 3.54. The highest BCUT2D eigenvalue weighted by atomic mass is 16.5. The molecule has 96 valence electrons. The molecule has 0 aromatic heterocycles. The Balaban J connectivity index is 3.07. The molecule has 0 bridgehead atoms. The number of aliphatic hydroxyl groups excluding tert-OH is 1. The summed E-state index contributed by atoms with van der Waals surface area (Å²) in [4.78, 5) is 12.8. The lowest BCUT2D eigenvalue weighted by molar-refractivity contribution is -0.128. The van der Waals surface area contributed by atoms with E-state index in [4.69, 9.17) is 9.84 Å². The van der Waals surface area contributed by atoms with Crippen molar-refractivity contribution in [2.45, 2.75) is 19.3 Å². The van der Waals surface area contributed by atoms with E-state index in [1.165, 1.54) is 0 Å². The Morgan fingerprint density at radius 3 is 2.56 bits per heavy atom. The quantitative estimate of drug-likeness (QED) is 0.514. The molecule has 5 nitrogen and oxygen atoms in total. The highest BCUT2D eigenvalue weighted by Gasteiger charge is 2.01. The van der Waals surface area contributed by atoms with E-state index in [2.05, 4.69) is 5.32 Å². The Hall–Kier alpha value is -0.650. The monoisotopic (exact) mass is 232 g/mol. The molecule has 5 heteroatoms. The number of carbonyl (C=O) groups excluding carboxylic acids is 1. The van der Waals surface area contributed by atoms with E-state index in [0.717, 1.165) is 25.9 Å². The lowest BCUT2D eigenvalue weighted by Gasteiger charge is -2.10. The Morgan fingerprint density at radius 1 is 1.25 bits per heavy atom. The SMILES string of the molecule is CN(C)C(=O)CCCNCCCOCCO. The van der Waals surface area contributed by atoms with Crippen molar-refractivity contribution < 1.29 is 14.6 Å². The van der Waals surface area contributed by atoms with Crippen LogP contribution in [-0.4, -0.2) is 62.9 Å². The number of ether oxygens (including phenoxy) is 1. The topological polar surface area (TPSA) is 61.8 Å². The van der Waals surface area contributed by atoms with Gasteiger partial charge in [0.1, 0.15) is 0 Å². The van der Waals surface area contributed by atoms with Crippen molar-refractivity contribution in [2.24, 2.45) is 0 Å². The molecule has 0 aliphatic heterocycles. The van der Waals surface area contributed by atoms with E-state index in [1.807, 2.05) is 0 Å². The average molecular weight is 232 g/mol. The molecule has 0 radical (unpaired) electrons. The third kappa shape index (κ3) is 9.89. The highest BCUT2D eigenvalue weighted by Crippen LogP contribution is 1.91. The highest BCUT2D eigenvalue weighted by molar-refractivity contribution is 5.75. The van der Waals surface area contributed by atoms with Crippen molar-refractivity contribution in [2.75, 3.05) is 47.0 Å². The summed E-state index contributed by atoms with van der Waals surface area (Å²) in [5.74, 6) is 0.174. The molecule has 1 amide bonds. The first-order valence-electron chi connectivity index (χ1n) is 5.78. The predicted molar refractivity (Wildman–Crippen MR) is 63.3 cm³/mol. The molecule has 0 rings (SSSR count). The van der Waals surface area contributed by atoms with Gasteiger partial charge in [0.2, 0.25) is 5.91 Å². The zero-order chi connectivity index (χ0) is 12.2. The minimum Gasteiger partial charge on any atom is -0.394 e. The predicted octanol–water partition coefficient (Wildman–Crippen LogP) is -0.157. The van der Waals surface area contributed by atoms with Crippen LogP contribution in [0, 0.1) is 0 Å². The molecule has 0 atom stereocenters. The van der Waals surface area contributed by atoms with Gasteiger partial charge in [-0.05, 0) is 25.9 Å². The number of hydrogen-bond acceptors (Lipinski definition) is 4. The number of hydrogen-bond donors (Lipinski definition) is 2. The van der Waals surface area contributed by atoms with Crippen LogP contribution < -0.4 is 5.32 Å². The maximum absolute atomic E-state index is 11.2. The minimum atomic E-state index is 0.0834. The zero-order valence-corrected chi connectivity index (χ0v) is 10.4. The molecule has 0 aromatic carbocycles. The van der Waals surface area contributed by atoms with Crippen molar-refractivity contribution in [1.29, 1.82) is 0 Å². The fraction of sp³-hybridized carbons (Fsp3) is 0.909. The van der Waals surface area contributed by atoms with Crippen LogP contribution in [0.3, 0.4) is 0 Å². The van der Waals surface area contributed by atoms with E-state index in [9.17, 15) is 4.79 Å². The van der Waals surface area contributed by atoms with Gasteiger partial charge in [-0.2, -0.15) is 0 Å². The Bertz CT molecular complexity index is 175. The first-order valence-corrected chi connectivity index (χ1v) is 5.78. The second-order valence-electron chi connectivity index (χ2n) is 3.83. The van der Waals surface area contributed by atoms with Gasteiger partial charge in [0.05, 0.1) is 13.2 Å². The van der Waals surface area contributed by atoms with Crippen molar-refractivity contribution in [3.8, 4) is 0 Å². The summed E-state index contributed by atoms with van der Waals surface area (Å²) >= 11 is 0. The van der Waals surface area contributed by atoms with Crippen LogP contribution in [-0.2, 0) is 9.53 Å². The maximum atomic E-state index is 11.2. The Labute approximate surface area is 97.8 Å². The number of rotatable bonds is 10. The molecule has 0 aliphatic carbocycles. The molecule has 0 spiro atoms. The number of aliphatic hydroxyl groups is 1. The van der Waals surface area contributed by atoms with Gasteiger partial charge in [-0.3, -0.25) is 4.79 Å². The van der Waals surface area contributed by atoms with Crippen molar-refractivity contribution in [3.63, 3.8) is 0 Å². The van der Waals surface area contributed by atoms with Crippen LogP contribution in [0.1, 0.15) is 19.3 Å². The van der Waals surface area contributed by atoms with Gasteiger partial charge in [-0.1, -0.05) is 0 Å². The van der Waals surface area contributed by atoms with E-state index >= 15 is 0 Å². The van der Waals surface area contributed by atoms with Gasteiger partial charge in [-0.15, -0.1) is 0 Å². The van der Waals surface area contributed by atoms with Crippen LogP contribution in [0.2, 0.25) is 0 Å². The van der Waals surface area contributed by atoms with Crippen LogP contribution in [0.4, 0.5) is 0 Å². The van der Waals surface area contributed by atoms with Crippen molar-refractivity contribution in [1.82, 2.24) is 10.2 Å². The third-order valence-corrected chi connectivity index (χ3v) is 2.12. The zero-order valence-electron chi connectivity index (χ0n) is 10.4. The standard InChI is InChI=1S/C11H24N2O3/c1-13(2)11(15)5-3-6-12-7-4-9-16-10-8-14/h12,14H,3-10H2,1-2H3. The number of carbonyl (C=O) groups is 1. The second kappa shape index (κ2) is 10.9. The summed E-state index contributed by atoms with van der Waals surface area (Å²) in [6.07, 6.45) is 2.40. The summed E-state index contributed by atoms with van der Waals surface area (Å²) in [6.45, 7) is 2.92. The normalized spacial score (nSPS) is 10.4. The lowest BCUT2D eigenvalue weighted by atomic mass is 10.3. The van der Waals surface area contributed by atoms with E-state index in [0.29, 0.717) is 19.6 Å². The summed E-state index contributed by atoms with van der Waals surface area (Å²) in [6, 6.07) is 0. The van der Waals surface area contributed by atoms with Gasteiger partial charge in [0.15, 0.2) is 0 Å². The minimum absolute atomic E-state index is 0.0834. The number of amides is 1. The molecule has 0 aromatic rings. The van der Waals surface area contributed by atoms with Gasteiger partial charge in [0, 0.05) is 27.1 Å². The molecule has 2 N–H and O–H groups in total.